The van der Waals surface area contributed by atoms with E-state index in [0.29, 0.717) is 5.82 Å². The van der Waals surface area contributed by atoms with Gasteiger partial charge in [0.25, 0.3) is 11.0 Å². The van der Waals surface area contributed by atoms with Crippen LogP contribution >= 0.6 is 0 Å². The van der Waals surface area contributed by atoms with Gasteiger partial charge in [-0.2, -0.15) is 0 Å². The molecule has 0 bridgehead atoms. The summed E-state index contributed by atoms with van der Waals surface area (Å²) in [6, 6.07) is 7.58. The van der Waals surface area contributed by atoms with Crippen molar-refractivity contribution in [3.63, 3.8) is 0 Å². The number of aromatic nitrogens is 2. The van der Waals surface area contributed by atoms with Gasteiger partial charge in [-0.25, -0.2) is 4.98 Å². The summed E-state index contributed by atoms with van der Waals surface area (Å²) < 4.78 is 6.87. The van der Waals surface area contributed by atoms with Crippen LogP contribution in [0, 0.1) is 0 Å². The molecule has 0 aliphatic carbocycles. The fraction of sp³-hybridized carbons (Fsp3) is 0.438. The number of fused-ring (bicyclic) bond motifs is 1. The van der Waals surface area contributed by atoms with Crippen LogP contribution in [0.2, 0.25) is 0 Å². The highest BCUT2D eigenvalue weighted by Crippen LogP contribution is 2.25. The van der Waals surface area contributed by atoms with Crippen LogP contribution in [0.15, 0.2) is 34.2 Å². The van der Waals surface area contributed by atoms with Crippen molar-refractivity contribution >= 4 is 16.7 Å². The molecule has 7 nitrogen and oxygen atoms in total. The van der Waals surface area contributed by atoms with Gasteiger partial charge in [-0.15, -0.1) is 0 Å². The molecule has 1 aliphatic rings. The summed E-state index contributed by atoms with van der Waals surface area (Å²) in [4.78, 5) is 18.8. The Morgan fingerprint density at radius 1 is 1.30 bits per heavy atom. The lowest BCUT2D eigenvalue weighted by Gasteiger charge is -2.32. The zero-order chi connectivity index (χ0) is 16.4. The highest BCUT2D eigenvalue weighted by Gasteiger charge is 2.21. The molecule has 0 spiro atoms. The Bertz CT molecular complexity index is 839. The molecular formula is C16H20N4O3. The van der Waals surface area contributed by atoms with E-state index in [1.54, 1.807) is 14.2 Å². The van der Waals surface area contributed by atoms with E-state index in [0.717, 1.165) is 36.8 Å². The third kappa shape index (κ3) is 2.79. The monoisotopic (exact) mass is 316 g/mol. The van der Waals surface area contributed by atoms with Gasteiger partial charge in [-0.3, -0.25) is 4.79 Å². The lowest BCUT2D eigenvalue weighted by Crippen LogP contribution is -2.38. The summed E-state index contributed by atoms with van der Waals surface area (Å²) in [7, 11) is 3.38. The minimum Gasteiger partial charge on any atom is -0.409 e. The highest BCUT2D eigenvalue weighted by molar-refractivity contribution is 5.89. The Balaban J connectivity index is 2.23. The molecule has 1 N–H and O–H groups in total. The molecule has 7 heteroatoms. The average Bonchev–Trinajstić information content (AvgIpc) is 2.71. The molecule has 1 aromatic carbocycles. The van der Waals surface area contributed by atoms with Crippen molar-refractivity contribution < 1.29 is 9.94 Å². The van der Waals surface area contributed by atoms with Gasteiger partial charge in [0.05, 0.1) is 11.6 Å². The maximum atomic E-state index is 12.4. The van der Waals surface area contributed by atoms with Gasteiger partial charge in [-0.1, -0.05) is 17.3 Å². The smallest absolute Gasteiger partial charge is 0.299 e. The molecule has 2 heterocycles. The fourth-order valence-electron chi connectivity index (χ4n) is 3.03. The normalized spacial score (nSPS) is 17.0. The number of anilines is 1. The van der Waals surface area contributed by atoms with Crippen LogP contribution in [0.5, 0.6) is 0 Å². The molecule has 0 saturated carbocycles. The predicted octanol–water partition coefficient (Wildman–Crippen LogP) is 0.839. The Morgan fingerprint density at radius 3 is 2.65 bits per heavy atom. The van der Waals surface area contributed by atoms with E-state index in [1.165, 1.54) is 4.57 Å². The number of benzene rings is 1. The van der Waals surface area contributed by atoms with Crippen molar-refractivity contribution in [2.24, 2.45) is 12.2 Å². The number of hydrogen-bond acceptors (Lipinski definition) is 6. The van der Waals surface area contributed by atoms with Crippen molar-refractivity contribution in [2.45, 2.75) is 18.9 Å². The predicted molar refractivity (Wildman–Crippen MR) is 86.6 cm³/mol. The van der Waals surface area contributed by atoms with E-state index in [-0.39, 0.29) is 11.6 Å². The zero-order valence-corrected chi connectivity index (χ0v) is 13.3. The third-order valence-corrected chi connectivity index (χ3v) is 4.38. The molecule has 1 aliphatic heterocycles. The van der Waals surface area contributed by atoms with E-state index < -0.39 is 5.56 Å². The van der Waals surface area contributed by atoms with Crippen LogP contribution in [-0.2, 0) is 11.8 Å². The van der Waals surface area contributed by atoms with Crippen LogP contribution in [0.1, 0.15) is 12.8 Å². The first kappa shape index (κ1) is 15.5. The number of nitrogens with zero attached hydrogens (tertiary/aromatic N) is 4. The summed E-state index contributed by atoms with van der Waals surface area (Å²) in [6.45, 7) is 1.56. The summed E-state index contributed by atoms with van der Waals surface area (Å²) >= 11 is 0. The van der Waals surface area contributed by atoms with Crippen molar-refractivity contribution in [1.82, 2.24) is 9.55 Å². The number of hydrogen-bond donors (Lipinski definition) is 1. The molecule has 0 unspecified atom stereocenters. The Hall–Kier alpha value is -2.41. The number of ether oxygens (including phenoxy) is 1. The summed E-state index contributed by atoms with van der Waals surface area (Å²) in [6.07, 6.45) is 2.04. The first-order valence-electron chi connectivity index (χ1n) is 7.61. The van der Waals surface area contributed by atoms with E-state index >= 15 is 0 Å². The summed E-state index contributed by atoms with van der Waals surface area (Å²) in [5, 5.41) is 13.1. The van der Waals surface area contributed by atoms with Gasteiger partial charge in [0.1, 0.15) is 5.82 Å². The van der Waals surface area contributed by atoms with Crippen LogP contribution in [0.4, 0.5) is 5.82 Å². The second kappa shape index (κ2) is 6.37. The Labute approximate surface area is 133 Å². The Morgan fingerprint density at radius 2 is 2.00 bits per heavy atom. The Kier molecular flexibility index (Phi) is 4.29. The fourth-order valence-corrected chi connectivity index (χ4v) is 3.03. The van der Waals surface area contributed by atoms with Crippen molar-refractivity contribution in [2.75, 3.05) is 25.1 Å². The number of para-hydroxylation sites is 1. The highest BCUT2D eigenvalue weighted by atomic mass is 16.5. The van der Waals surface area contributed by atoms with Gasteiger partial charge in [0, 0.05) is 32.6 Å². The van der Waals surface area contributed by atoms with E-state index in [2.05, 4.69) is 15.0 Å². The molecule has 0 atom stereocenters. The van der Waals surface area contributed by atoms with Gasteiger partial charge in [-0.05, 0) is 25.0 Å². The van der Waals surface area contributed by atoms with Crippen molar-refractivity contribution in [3.8, 4) is 0 Å². The summed E-state index contributed by atoms with van der Waals surface area (Å²) in [5.74, 6) is 0.667. The molecule has 1 saturated heterocycles. The second-order valence-corrected chi connectivity index (χ2v) is 5.66. The number of piperidine rings is 1. The van der Waals surface area contributed by atoms with Crippen LogP contribution in [0.3, 0.4) is 0 Å². The summed E-state index contributed by atoms with van der Waals surface area (Å²) in [5.41, 5.74) is 0.123. The first-order valence-corrected chi connectivity index (χ1v) is 7.61. The van der Waals surface area contributed by atoms with Crippen molar-refractivity contribution in [1.29, 1.82) is 0 Å². The standard InChI is InChI=1S/C16H20N4O3/c1-19-13-6-4-3-5-12(13)15(17-14(18-22)16(19)21)20-9-7-11(23-2)8-10-20/h3-6,11,22H,7-10H2,1-2H3/b18-14+. The minimum absolute atomic E-state index is 0.201. The van der Waals surface area contributed by atoms with Gasteiger partial charge >= 0.3 is 0 Å². The molecule has 23 heavy (non-hydrogen) atoms. The van der Waals surface area contributed by atoms with Crippen molar-refractivity contribution in [3.05, 3.63) is 40.1 Å². The number of aryl methyl sites for hydroxylation is 1. The molecule has 3 rings (SSSR count). The molecule has 0 amide bonds. The van der Waals surface area contributed by atoms with Gasteiger partial charge < -0.3 is 19.4 Å². The van der Waals surface area contributed by atoms with E-state index in [1.807, 2.05) is 24.3 Å². The number of methoxy groups -OCH3 is 1. The molecule has 1 aromatic heterocycles. The van der Waals surface area contributed by atoms with Crippen LogP contribution < -0.4 is 15.9 Å². The topological polar surface area (TPSA) is 80.0 Å². The average molecular weight is 316 g/mol. The third-order valence-electron chi connectivity index (χ3n) is 4.38. The minimum atomic E-state index is -0.429. The lowest BCUT2D eigenvalue weighted by atomic mass is 10.1. The van der Waals surface area contributed by atoms with Crippen LogP contribution in [-0.4, -0.2) is 41.1 Å². The molecule has 1 fully saturated rings. The maximum absolute atomic E-state index is 12.4. The van der Waals surface area contributed by atoms with Gasteiger partial charge in [0.2, 0.25) is 0 Å². The lowest BCUT2D eigenvalue weighted by molar-refractivity contribution is 0.0818. The zero-order valence-electron chi connectivity index (χ0n) is 13.3. The van der Waals surface area contributed by atoms with Gasteiger partial charge in [0.15, 0.2) is 0 Å². The van der Waals surface area contributed by atoms with E-state index in [9.17, 15) is 10.0 Å². The van der Waals surface area contributed by atoms with E-state index in [4.69, 9.17) is 4.74 Å². The second-order valence-electron chi connectivity index (χ2n) is 5.66. The SMILES string of the molecule is COC1CCN(c2n/c(=N/O)c(=O)n(C)c3ccccc23)CC1. The molecule has 122 valence electrons. The largest absolute Gasteiger partial charge is 0.409 e. The van der Waals surface area contributed by atoms with Crippen LogP contribution in [0.25, 0.3) is 10.9 Å². The molecular weight excluding hydrogens is 296 g/mol. The maximum Gasteiger partial charge on any atom is 0.299 e. The first-order chi connectivity index (χ1) is 11.2. The molecule has 0 radical (unpaired) electrons. The quantitative estimate of drug-likeness (QED) is 0.656. The molecule has 2 aromatic rings. The number of rotatable bonds is 2.